The van der Waals surface area contributed by atoms with Crippen molar-refractivity contribution < 1.29 is 9.84 Å². The van der Waals surface area contributed by atoms with Gasteiger partial charge < -0.3 is 9.84 Å². The van der Waals surface area contributed by atoms with Gasteiger partial charge in [0.15, 0.2) is 0 Å². The molecule has 0 atom stereocenters. The number of benzene rings is 1. The highest BCUT2D eigenvalue weighted by molar-refractivity contribution is 5.35. The van der Waals surface area contributed by atoms with Gasteiger partial charge in [0.05, 0.1) is 6.26 Å². The van der Waals surface area contributed by atoms with Crippen LogP contribution in [0.4, 0.5) is 0 Å². The summed E-state index contributed by atoms with van der Waals surface area (Å²) in [5, 5.41) is 8.88. The molecule has 1 aromatic rings. The van der Waals surface area contributed by atoms with E-state index in [9.17, 15) is 0 Å². The first-order valence-electron chi connectivity index (χ1n) is 4.83. The van der Waals surface area contributed by atoms with Crippen LogP contribution in [0.1, 0.15) is 6.42 Å². The second-order valence-corrected chi connectivity index (χ2v) is 3.27. The number of hydrogen-bond donors (Lipinski definition) is 1. The summed E-state index contributed by atoms with van der Waals surface area (Å²) in [4.78, 5) is 0. The molecule has 1 N–H and O–H groups in total. The van der Waals surface area contributed by atoms with E-state index in [0.29, 0.717) is 0 Å². The van der Waals surface area contributed by atoms with Crippen LogP contribution in [0.3, 0.4) is 0 Å². The van der Waals surface area contributed by atoms with E-state index in [1.165, 1.54) is 0 Å². The highest BCUT2D eigenvalue weighted by atomic mass is 16.5. The molecule has 76 valence electrons. The molecule has 0 fully saturated rings. The lowest BCUT2D eigenvalue weighted by molar-refractivity contribution is 0.439. The molecule has 15 heavy (non-hydrogen) atoms. The van der Waals surface area contributed by atoms with Gasteiger partial charge in [0.2, 0.25) is 0 Å². The van der Waals surface area contributed by atoms with Crippen LogP contribution >= 0.6 is 0 Å². The Labute approximate surface area is 88.8 Å². The number of aliphatic hydroxyl groups is 1. The maximum Gasteiger partial charge on any atom is 0.127 e. The third-order valence-corrected chi connectivity index (χ3v) is 2.11. The first-order chi connectivity index (χ1) is 7.38. The Kier molecular flexibility index (Phi) is 2.88. The predicted molar refractivity (Wildman–Crippen MR) is 59.6 cm³/mol. The Morgan fingerprint density at radius 1 is 1.20 bits per heavy atom. The molecule has 0 saturated heterocycles. The maximum absolute atomic E-state index is 8.88. The fraction of sp³-hybridized carbons (Fsp3) is 0.0769. The average Bonchev–Trinajstić information content (AvgIpc) is 2.31. The van der Waals surface area contributed by atoms with Crippen molar-refractivity contribution in [3.05, 3.63) is 66.2 Å². The molecule has 2 heteroatoms. The Morgan fingerprint density at radius 3 is 2.73 bits per heavy atom. The molecule has 0 saturated carbocycles. The fourth-order valence-electron chi connectivity index (χ4n) is 1.38. The molecule has 0 unspecified atom stereocenters. The molecule has 2 rings (SSSR count). The lowest BCUT2D eigenvalue weighted by atomic mass is 10.1. The molecule has 0 spiro atoms. The molecule has 1 aliphatic rings. The third-order valence-electron chi connectivity index (χ3n) is 2.11. The Morgan fingerprint density at radius 2 is 2.00 bits per heavy atom. The average molecular weight is 200 g/mol. The second kappa shape index (κ2) is 4.51. The second-order valence-electron chi connectivity index (χ2n) is 3.27. The van der Waals surface area contributed by atoms with Gasteiger partial charge in [-0.15, -0.1) is 0 Å². The van der Waals surface area contributed by atoms with E-state index in [-0.39, 0.29) is 0 Å². The smallest absolute Gasteiger partial charge is 0.127 e. The number of allylic oxidation sites excluding steroid dienone is 4. The Balaban J connectivity index is 2.13. The van der Waals surface area contributed by atoms with Crippen LogP contribution < -0.4 is 4.74 Å². The van der Waals surface area contributed by atoms with Gasteiger partial charge in [-0.25, -0.2) is 0 Å². The lowest BCUT2D eigenvalue weighted by Gasteiger charge is -2.10. The minimum atomic E-state index is 0.743. The summed E-state index contributed by atoms with van der Waals surface area (Å²) in [6.07, 6.45) is 7.54. The van der Waals surface area contributed by atoms with Crippen LogP contribution in [-0.2, 0) is 0 Å². The van der Waals surface area contributed by atoms with Gasteiger partial charge in [-0.2, -0.15) is 0 Å². The van der Waals surface area contributed by atoms with Crippen molar-refractivity contribution in [2.75, 3.05) is 0 Å². The van der Waals surface area contributed by atoms with E-state index in [2.05, 4.69) is 0 Å². The summed E-state index contributed by atoms with van der Waals surface area (Å²) in [6, 6.07) is 9.57. The standard InChI is InChI=1S/C13H12O2/c14-10-11-5-4-8-13(9-11)15-12-6-2-1-3-7-12/h1-4,6-10,14H,5H2. The van der Waals surface area contributed by atoms with E-state index >= 15 is 0 Å². The zero-order valence-electron chi connectivity index (χ0n) is 8.26. The van der Waals surface area contributed by atoms with Crippen molar-refractivity contribution in [2.24, 2.45) is 0 Å². The zero-order chi connectivity index (χ0) is 10.5. The van der Waals surface area contributed by atoms with Crippen molar-refractivity contribution in [2.45, 2.75) is 6.42 Å². The molecule has 0 bridgehead atoms. The summed E-state index contributed by atoms with van der Waals surface area (Å²) < 4.78 is 5.61. The normalized spacial score (nSPS) is 17.6. The predicted octanol–water partition coefficient (Wildman–Crippen LogP) is 3.35. The highest BCUT2D eigenvalue weighted by Crippen LogP contribution is 2.19. The molecular weight excluding hydrogens is 188 g/mol. The molecular formula is C13H12O2. The van der Waals surface area contributed by atoms with Gasteiger partial charge in [0.1, 0.15) is 11.5 Å². The van der Waals surface area contributed by atoms with E-state index in [4.69, 9.17) is 9.84 Å². The maximum atomic E-state index is 8.88. The van der Waals surface area contributed by atoms with Gasteiger partial charge in [-0.05, 0) is 36.3 Å². The molecule has 0 heterocycles. The largest absolute Gasteiger partial charge is 0.515 e. The molecule has 0 aliphatic heterocycles. The zero-order valence-corrected chi connectivity index (χ0v) is 8.26. The van der Waals surface area contributed by atoms with Crippen molar-refractivity contribution in [1.29, 1.82) is 0 Å². The van der Waals surface area contributed by atoms with Crippen LogP contribution in [0.2, 0.25) is 0 Å². The molecule has 2 nitrogen and oxygen atoms in total. The van der Waals surface area contributed by atoms with E-state index in [1.807, 2.05) is 48.6 Å². The molecule has 0 amide bonds. The number of rotatable bonds is 2. The number of para-hydroxylation sites is 1. The number of ether oxygens (including phenoxy) is 1. The number of hydrogen-bond acceptors (Lipinski definition) is 2. The SMILES string of the molecule is OC=C1C=C(Oc2ccccc2)C=CC1. The van der Waals surface area contributed by atoms with Crippen LogP contribution in [0, 0.1) is 0 Å². The van der Waals surface area contributed by atoms with Crippen LogP contribution in [-0.4, -0.2) is 5.11 Å². The van der Waals surface area contributed by atoms with Gasteiger partial charge in [0.25, 0.3) is 0 Å². The molecule has 1 aromatic carbocycles. The quantitative estimate of drug-likeness (QED) is 0.742. The lowest BCUT2D eigenvalue weighted by Crippen LogP contribution is -1.96. The third kappa shape index (κ3) is 2.50. The van der Waals surface area contributed by atoms with Crippen LogP contribution in [0.5, 0.6) is 5.75 Å². The fourth-order valence-corrected chi connectivity index (χ4v) is 1.38. The molecule has 0 radical (unpaired) electrons. The number of aliphatic hydroxyl groups excluding tert-OH is 1. The van der Waals surface area contributed by atoms with E-state index in [0.717, 1.165) is 29.8 Å². The monoisotopic (exact) mass is 200 g/mol. The minimum Gasteiger partial charge on any atom is -0.515 e. The molecule has 1 aliphatic carbocycles. The van der Waals surface area contributed by atoms with Crippen molar-refractivity contribution in [3.63, 3.8) is 0 Å². The minimum absolute atomic E-state index is 0.743. The van der Waals surface area contributed by atoms with E-state index < -0.39 is 0 Å². The first kappa shape index (κ1) is 9.59. The van der Waals surface area contributed by atoms with Crippen LogP contribution in [0.15, 0.2) is 66.2 Å². The van der Waals surface area contributed by atoms with Gasteiger partial charge >= 0.3 is 0 Å². The molecule has 0 aromatic heterocycles. The van der Waals surface area contributed by atoms with Gasteiger partial charge in [-0.3, -0.25) is 0 Å². The first-order valence-corrected chi connectivity index (χ1v) is 4.83. The summed E-state index contributed by atoms with van der Waals surface area (Å²) in [7, 11) is 0. The van der Waals surface area contributed by atoms with Gasteiger partial charge in [-0.1, -0.05) is 24.3 Å². The summed E-state index contributed by atoms with van der Waals surface area (Å²) >= 11 is 0. The summed E-state index contributed by atoms with van der Waals surface area (Å²) in [5.41, 5.74) is 0.850. The summed E-state index contributed by atoms with van der Waals surface area (Å²) in [5.74, 6) is 1.54. The summed E-state index contributed by atoms with van der Waals surface area (Å²) in [6.45, 7) is 0. The van der Waals surface area contributed by atoms with E-state index in [1.54, 1.807) is 0 Å². The topological polar surface area (TPSA) is 29.5 Å². The van der Waals surface area contributed by atoms with Crippen LogP contribution in [0.25, 0.3) is 0 Å². The Bertz CT molecular complexity index is 413. The van der Waals surface area contributed by atoms with Crippen molar-refractivity contribution in [3.8, 4) is 5.75 Å². The van der Waals surface area contributed by atoms with Crippen molar-refractivity contribution in [1.82, 2.24) is 0 Å². The van der Waals surface area contributed by atoms with Crippen molar-refractivity contribution >= 4 is 0 Å². The van der Waals surface area contributed by atoms with Gasteiger partial charge in [0, 0.05) is 0 Å². The Hall–Kier alpha value is -1.96. The highest BCUT2D eigenvalue weighted by Gasteiger charge is 2.03.